The first-order valence-electron chi connectivity index (χ1n) is 5.81. The van der Waals surface area contributed by atoms with Crippen molar-refractivity contribution in [2.45, 2.75) is 25.8 Å². The van der Waals surface area contributed by atoms with E-state index in [1.54, 1.807) is 6.20 Å². The molecule has 2 N–H and O–H groups in total. The molecule has 17 heavy (non-hydrogen) atoms. The molecule has 0 radical (unpaired) electrons. The fourth-order valence-electron chi connectivity index (χ4n) is 2.01. The number of rotatable bonds is 4. The fraction of sp³-hybridized carbons (Fsp3) is 0.385. The Kier molecular flexibility index (Phi) is 3.54. The third kappa shape index (κ3) is 2.71. The van der Waals surface area contributed by atoms with Crippen molar-refractivity contribution in [3.05, 3.63) is 47.5 Å². The minimum atomic E-state index is 0.0629. The highest BCUT2D eigenvalue weighted by atomic mass is 15.2. The molecule has 4 nitrogen and oxygen atoms in total. The SMILES string of the molecule is Cc1cnccc1C(N)CCc1ccnn1C. The van der Waals surface area contributed by atoms with Crippen molar-refractivity contribution in [3.63, 3.8) is 0 Å². The van der Waals surface area contributed by atoms with Crippen LogP contribution >= 0.6 is 0 Å². The average molecular weight is 230 g/mol. The molecule has 1 atom stereocenters. The lowest BCUT2D eigenvalue weighted by molar-refractivity contribution is 0.611. The average Bonchev–Trinajstić information content (AvgIpc) is 2.72. The van der Waals surface area contributed by atoms with Crippen LogP contribution in [0.2, 0.25) is 0 Å². The summed E-state index contributed by atoms with van der Waals surface area (Å²) in [6, 6.07) is 4.10. The Morgan fingerprint density at radius 1 is 1.35 bits per heavy atom. The second-order valence-electron chi connectivity index (χ2n) is 4.32. The molecule has 2 aromatic rings. The van der Waals surface area contributed by atoms with Gasteiger partial charge in [-0.25, -0.2) is 0 Å². The lowest BCUT2D eigenvalue weighted by Gasteiger charge is -2.14. The number of aryl methyl sites for hydroxylation is 3. The van der Waals surface area contributed by atoms with E-state index in [2.05, 4.69) is 10.1 Å². The van der Waals surface area contributed by atoms with E-state index in [4.69, 9.17) is 5.73 Å². The van der Waals surface area contributed by atoms with Crippen molar-refractivity contribution in [2.75, 3.05) is 0 Å². The molecule has 0 aromatic carbocycles. The second kappa shape index (κ2) is 5.10. The summed E-state index contributed by atoms with van der Waals surface area (Å²) >= 11 is 0. The highest BCUT2D eigenvalue weighted by Gasteiger charge is 2.09. The standard InChI is InChI=1S/C13H18N4/c1-10-9-15-7-6-12(10)13(14)4-3-11-5-8-16-17(11)2/h5-9,13H,3-4,14H2,1-2H3. The molecule has 0 aliphatic heterocycles. The summed E-state index contributed by atoms with van der Waals surface area (Å²) in [6.45, 7) is 2.05. The van der Waals surface area contributed by atoms with Crippen LogP contribution in [0.5, 0.6) is 0 Å². The lowest BCUT2D eigenvalue weighted by atomic mass is 9.99. The number of pyridine rings is 1. The molecule has 0 fully saturated rings. The molecule has 0 saturated heterocycles. The van der Waals surface area contributed by atoms with Gasteiger partial charge in [0, 0.05) is 37.4 Å². The molecule has 1 unspecified atom stereocenters. The third-order valence-corrected chi connectivity index (χ3v) is 3.10. The van der Waals surface area contributed by atoms with Gasteiger partial charge < -0.3 is 5.73 Å². The Balaban J connectivity index is 2.01. The number of nitrogens with two attached hydrogens (primary N) is 1. The zero-order valence-electron chi connectivity index (χ0n) is 10.3. The predicted octanol–water partition coefficient (Wildman–Crippen LogP) is 1.76. The monoisotopic (exact) mass is 230 g/mol. The van der Waals surface area contributed by atoms with Crippen LogP contribution in [0.25, 0.3) is 0 Å². The van der Waals surface area contributed by atoms with Gasteiger partial charge in [0.2, 0.25) is 0 Å². The summed E-state index contributed by atoms with van der Waals surface area (Å²) in [5.74, 6) is 0. The summed E-state index contributed by atoms with van der Waals surface area (Å²) in [7, 11) is 1.96. The maximum absolute atomic E-state index is 6.21. The molecule has 0 amide bonds. The number of hydrogen-bond acceptors (Lipinski definition) is 3. The topological polar surface area (TPSA) is 56.7 Å². The zero-order chi connectivity index (χ0) is 12.3. The molecule has 0 bridgehead atoms. The van der Waals surface area contributed by atoms with Crippen LogP contribution in [-0.4, -0.2) is 14.8 Å². The van der Waals surface area contributed by atoms with Gasteiger partial charge in [-0.1, -0.05) is 0 Å². The Hall–Kier alpha value is -1.68. The minimum absolute atomic E-state index is 0.0629. The van der Waals surface area contributed by atoms with Crippen LogP contribution in [0.4, 0.5) is 0 Å². The van der Waals surface area contributed by atoms with E-state index >= 15 is 0 Å². The van der Waals surface area contributed by atoms with Crippen molar-refractivity contribution in [3.8, 4) is 0 Å². The van der Waals surface area contributed by atoms with Gasteiger partial charge in [0.15, 0.2) is 0 Å². The van der Waals surface area contributed by atoms with E-state index in [0.29, 0.717) is 0 Å². The van der Waals surface area contributed by atoms with Crippen molar-refractivity contribution in [1.29, 1.82) is 0 Å². The molecule has 2 aromatic heterocycles. The van der Waals surface area contributed by atoms with E-state index in [1.807, 2.05) is 43.2 Å². The van der Waals surface area contributed by atoms with Gasteiger partial charge in [0.25, 0.3) is 0 Å². The molecule has 2 rings (SSSR count). The predicted molar refractivity (Wildman–Crippen MR) is 67.4 cm³/mol. The fourth-order valence-corrected chi connectivity index (χ4v) is 2.01. The number of hydrogen-bond donors (Lipinski definition) is 1. The molecule has 4 heteroatoms. The minimum Gasteiger partial charge on any atom is -0.324 e. The molecule has 0 spiro atoms. The van der Waals surface area contributed by atoms with Crippen LogP contribution in [0.3, 0.4) is 0 Å². The van der Waals surface area contributed by atoms with Gasteiger partial charge in [-0.2, -0.15) is 5.10 Å². The largest absolute Gasteiger partial charge is 0.324 e. The molecule has 2 heterocycles. The Bertz CT molecular complexity index is 490. The van der Waals surface area contributed by atoms with Gasteiger partial charge in [-0.15, -0.1) is 0 Å². The first-order chi connectivity index (χ1) is 8.18. The summed E-state index contributed by atoms with van der Waals surface area (Å²) in [6.07, 6.45) is 7.34. The normalized spacial score (nSPS) is 12.6. The van der Waals surface area contributed by atoms with Gasteiger partial charge in [-0.05, 0) is 43.0 Å². The molecule has 0 aliphatic rings. The van der Waals surface area contributed by atoms with Crippen LogP contribution < -0.4 is 5.73 Å². The summed E-state index contributed by atoms with van der Waals surface area (Å²) in [4.78, 5) is 4.08. The Labute approximate surface area is 101 Å². The van der Waals surface area contributed by atoms with Crippen LogP contribution in [0.15, 0.2) is 30.7 Å². The molecular formula is C13H18N4. The van der Waals surface area contributed by atoms with Gasteiger partial charge >= 0.3 is 0 Å². The number of aromatic nitrogens is 3. The first-order valence-corrected chi connectivity index (χ1v) is 5.81. The van der Waals surface area contributed by atoms with Crippen LogP contribution in [0, 0.1) is 6.92 Å². The van der Waals surface area contributed by atoms with Crippen molar-refractivity contribution in [1.82, 2.24) is 14.8 Å². The van der Waals surface area contributed by atoms with Gasteiger partial charge in [0.1, 0.15) is 0 Å². The Morgan fingerprint density at radius 3 is 2.82 bits per heavy atom. The maximum atomic E-state index is 6.21. The molecule has 0 aliphatic carbocycles. The Morgan fingerprint density at radius 2 is 2.18 bits per heavy atom. The summed E-state index contributed by atoms with van der Waals surface area (Å²) < 4.78 is 1.89. The molecule has 90 valence electrons. The highest BCUT2D eigenvalue weighted by Crippen LogP contribution is 2.19. The highest BCUT2D eigenvalue weighted by molar-refractivity contribution is 5.25. The quantitative estimate of drug-likeness (QED) is 0.870. The number of nitrogens with zero attached hydrogens (tertiary/aromatic N) is 3. The summed E-state index contributed by atoms with van der Waals surface area (Å²) in [5, 5.41) is 4.15. The van der Waals surface area contributed by atoms with Crippen LogP contribution in [-0.2, 0) is 13.5 Å². The van der Waals surface area contributed by atoms with E-state index in [1.165, 1.54) is 11.3 Å². The summed E-state index contributed by atoms with van der Waals surface area (Å²) in [5.41, 5.74) is 9.76. The van der Waals surface area contributed by atoms with E-state index < -0.39 is 0 Å². The van der Waals surface area contributed by atoms with Crippen molar-refractivity contribution >= 4 is 0 Å². The van der Waals surface area contributed by atoms with E-state index in [0.717, 1.165) is 18.4 Å². The van der Waals surface area contributed by atoms with Gasteiger partial charge in [-0.3, -0.25) is 9.67 Å². The van der Waals surface area contributed by atoms with E-state index in [9.17, 15) is 0 Å². The first kappa shape index (κ1) is 11.8. The van der Waals surface area contributed by atoms with Crippen molar-refractivity contribution in [2.24, 2.45) is 12.8 Å². The second-order valence-corrected chi connectivity index (χ2v) is 4.32. The van der Waals surface area contributed by atoms with E-state index in [-0.39, 0.29) is 6.04 Å². The maximum Gasteiger partial charge on any atom is 0.0492 e. The molecular weight excluding hydrogens is 212 g/mol. The lowest BCUT2D eigenvalue weighted by Crippen LogP contribution is -2.13. The molecule has 0 saturated carbocycles. The van der Waals surface area contributed by atoms with Crippen LogP contribution in [0.1, 0.15) is 29.3 Å². The van der Waals surface area contributed by atoms with Gasteiger partial charge in [0.05, 0.1) is 0 Å². The van der Waals surface area contributed by atoms with Crippen molar-refractivity contribution < 1.29 is 0 Å². The smallest absolute Gasteiger partial charge is 0.0492 e. The zero-order valence-corrected chi connectivity index (χ0v) is 10.3. The third-order valence-electron chi connectivity index (χ3n) is 3.10.